The van der Waals surface area contributed by atoms with Crippen LogP contribution >= 0.6 is 27.5 Å². The Labute approximate surface area is 114 Å². The molecule has 1 aromatic heterocycles. The lowest BCUT2D eigenvalue weighted by Gasteiger charge is -2.11. The van der Waals surface area contributed by atoms with E-state index in [0.717, 1.165) is 17.3 Å². The van der Waals surface area contributed by atoms with Crippen LogP contribution < -0.4 is 11.1 Å². The summed E-state index contributed by atoms with van der Waals surface area (Å²) >= 11 is 9.12. The topological polar surface area (TPSA) is 68.0 Å². The largest absolute Gasteiger partial charge is 0.327 e. The van der Waals surface area contributed by atoms with Crippen molar-refractivity contribution >= 4 is 39.1 Å². The van der Waals surface area contributed by atoms with Gasteiger partial charge in [-0.15, -0.1) is 0 Å². The molecule has 3 N–H and O–H groups in total. The predicted octanol–water partition coefficient (Wildman–Crippen LogP) is 2.95. The van der Waals surface area contributed by atoms with Crippen LogP contribution in [0.4, 0.5) is 5.69 Å². The zero-order valence-electron chi connectivity index (χ0n) is 9.54. The summed E-state index contributed by atoms with van der Waals surface area (Å²) in [6, 6.07) is 1.59. The molecule has 0 aliphatic rings. The SMILES string of the molecule is CCCC(N)CC(=O)Nc1cc(Br)cnc1Cl. The number of rotatable bonds is 5. The Morgan fingerprint density at radius 3 is 3.06 bits per heavy atom. The number of hydrogen-bond donors (Lipinski definition) is 2. The number of nitrogens with one attached hydrogen (secondary N) is 1. The van der Waals surface area contributed by atoms with Gasteiger partial charge in [-0.25, -0.2) is 4.98 Å². The highest BCUT2D eigenvalue weighted by molar-refractivity contribution is 9.10. The average molecular weight is 321 g/mol. The van der Waals surface area contributed by atoms with Crippen molar-refractivity contribution in [3.63, 3.8) is 0 Å². The molecule has 17 heavy (non-hydrogen) atoms. The number of carbonyl (C=O) groups excluding carboxylic acids is 1. The Hall–Kier alpha value is -0.650. The molecule has 0 bridgehead atoms. The van der Waals surface area contributed by atoms with E-state index in [2.05, 4.69) is 26.2 Å². The molecule has 1 heterocycles. The fraction of sp³-hybridized carbons (Fsp3) is 0.455. The summed E-state index contributed by atoms with van der Waals surface area (Å²) in [6.07, 6.45) is 3.66. The van der Waals surface area contributed by atoms with Crippen LogP contribution in [0.25, 0.3) is 0 Å². The molecule has 1 rings (SSSR count). The fourth-order valence-corrected chi connectivity index (χ4v) is 1.90. The molecule has 94 valence electrons. The molecule has 0 spiro atoms. The lowest BCUT2D eigenvalue weighted by atomic mass is 10.1. The summed E-state index contributed by atoms with van der Waals surface area (Å²) in [6.45, 7) is 2.03. The van der Waals surface area contributed by atoms with Crippen LogP contribution in [-0.4, -0.2) is 16.9 Å². The van der Waals surface area contributed by atoms with E-state index in [0.29, 0.717) is 5.69 Å². The Balaban J connectivity index is 2.58. The number of carbonyl (C=O) groups is 1. The van der Waals surface area contributed by atoms with Crippen LogP contribution in [0.2, 0.25) is 5.15 Å². The first-order valence-corrected chi connectivity index (χ1v) is 6.56. The van der Waals surface area contributed by atoms with E-state index in [9.17, 15) is 4.79 Å². The Morgan fingerprint density at radius 1 is 1.71 bits per heavy atom. The van der Waals surface area contributed by atoms with Crippen LogP contribution in [0.15, 0.2) is 16.7 Å². The first-order chi connectivity index (χ1) is 8.02. The van der Waals surface area contributed by atoms with Crippen molar-refractivity contribution in [1.29, 1.82) is 0 Å². The van der Waals surface area contributed by atoms with Gasteiger partial charge in [-0.1, -0.05) is 24.9 Å². The summed E-state index contributed by atoms with van der Waals surface area (Å²) in [5.41, 5.74) is 6.28. The highest BCUT2D eigenvalue weighted by Crippen LogP contribution is 2.23. The zero-order chi connectivity index (χ0) is 12.8. The highest BCUT2D eigenvalue weighted by atomic mass is 79.9. The molecule has 0 aliphatic carbocycles. The number of pyridine rings is 1. The van der Waals surface area contributed by atoms with Gasteiger partial charge < -0.3 is 11.1 Å². The number of nitrogens with zero attached hydrogens (tertiary/aromatic N) is 1. The van der Waals surface area contributed by atoms with Crippen LogP contribution in [0.1, 0.15) is 26.2 Å². The highest BCUT2D eigenvalue weighted by Gasteiger charge is 2.11. The van der Waals surface area contributed by atoms with Crippen molar-refractivity contribution in [3.05, 3.63) is 21.9 Å². The van der Waals surface area contributed by atoms with Gasteiger partial charge >= 0.3 is 0 Å². The fourth-order valence-electron chi connectivity index (χ4n) is 1.42. The van der Waals surface area contributed by atoms with Gasteiger partial charge in [0.15, 0.2) is 5.15 Å². The number of nitrogens with two attached hydrogens (primary N) is 1. The molecule has 1 atom stereocenters. The lowest BCUT2D eigenvalue weighted by Crippen LogP contribution is -2.27. The van der Waals surface area contributed by atoms with Crippen molar-refractivity contribution in [1.82, 2.24) is 4.98 Å². The van der Waals surface area contributed by atoms with Crippen molar-refractivity contribution in [3.8, 4) is 0 Å². The van der Waals surface area contributed by atoms with E-state index in [1.54, 1.807) is 12.3 Å². The van der Waals surface area contributed by atoms with Crippen LogP contribution in [0.5, 0.6) is 0 Å². The second kappa shape index (κ2) is 6.93. The quantitative estimate of drug-likeness (QED) is 0.820. The van der Waals surface area contributed by atoms with Crippen molar-refractivity contribution in [2.24, 2.45) is 5.73 Å². The maximum absolute atomic E-state index is 11.7. The third-order valence-corrected chi connectivity index (χ3v) is 2.92. The van der Waals surface area contributed by atoms with Gasteiger partial charge in [-0.2, -0.15) is 0 Å². The first-order valence-electron chi connectivity index (χ1n) is 5.39. The third kappa shape index (κ3) is 5.02. The zero-order valence-corrected chi connectivity index (χ0v) is 11.9. The minimum absolute atomic E-state index is 0.112. The molecule has 0 fully saturated rings. The van der Waals surface area contributed by atoms with E-state index in [1.165, 1.54) is 0 Å². The normalized spacial score (nSPS) is 12.2. The standard InChI is InChI=1S/C11H15BrClN3O/c1-2-3-8(14)5-10(17)16-9-4-7(12)6-15-11(9)13/h4,6,8H,2-3,5,14H2,1H3,(H,16,17). The summed E-state index contributed by atoms with van der Waals surface area (Å²) < 4.78 is 0.759. The van der Waals surface area contributed by atoms with Crippen molar-refractivity contribution in [2.75, 3.05) is 5.32 Å². The molecule has 4 nitrogen and oxygen atoms in total. The number of amides is 1. The van der Waals surface area contributed by atoms with E-state index < -0.39 is 0 Å². The smallest absolute Gasteiger partial charge is 0.226 e. The molecular weight excluding hydrogens is 305 g/mol. The number of halogens is 2. The van der Waals surface area contributed by atoms with Gasteiger partial charge in [0.1, 0.15) is 0 Å². The third-order valence-electron chi connectivity index (χ3n) is 2.19. The van der Waals surface area contributed by atoms with Gasteiger partial charge in [0.2, 0.25) is 5.91 Å². The van der Waals surface area contributed by atoms with Crippen LogP contribution in [0.3, 0.4) is 0 Å². The Morgan fingerprint density at radius 2 is 2.41 bits per heavy atom. The molecular formula is C11H15BrClN3O. The molecule has 0 aliphatic heterocycles. The number of aromatic nitrogens is 1. The van der Waals surface area contributed by atoms with Crippen molar-refractivity contribution < 1.29 is 4.79 Å². The van der Waals surface area contributed by atoms with E-state index in [1.807, 2.05) is 6.92 Å². The van der Waals surface area contributed by atoms with Crippen LogP contribution in [0, 0.1) is 0 Å². The summed E-state index contributed by atoms with van der Waals surface area (Å²) in [7, 11) is 0. The Bertz CT molecular complexity index is 400. The number of anilines is 1. The minimum atomic E-state index is -0.146. The molecule has 6 heteroatoms. The second-order valence-electron chi connectivity index (χ2n) is 3.79. The molecule has 1 unspecified atom stereocenters. The maximum Gasteiger partial charge on any atom is 0.226 e. The summed E-state index contributed by atoms with van der Waals surface area (Å²) in [5, 5.41) is 2.97. The molecule has 0 saturated carbocycles. The Kier molecular flexibility index (Phi) is 5.88. The van der Waals surface area contributed by atoms with Gasteiger partial charge in [0.25, 0.3) is 0 Å². The monoisotopic (exact) mass is 319 g/mol. The van der Waals surface area contributed by atoms with Gasteiger partial charge in [-0.3, -0.25) is 4.79 Å². The molecule has 1 amide bonds. The van der Waals surface area contributed by atoms with E-state index >= 15 is 0 Å². The molecule has 0 saturated heterocycles. The van der Waals surface area contributed by atoms with Crippen molar-refractivity contribution in [2.45, 2.75) is 32.2 Å². The van der Waals surface area contributed by atoms with Gasteiger partial charge in [0, 0.05) is 23.1 Å². The summed E-state index contributed by atoms with van der Waals surface area (Å²) in [4.78, 5) is 15.6. The lowest BCUT2D eigenvalue weighted by molar-refractivity contribution is -0.116. The maximum atomic E-state index is 11.7. The van der Waals surface area contributed by atoms with E-state index in [4.69, 9.17) is 17.3 Å². The summed E-state index contributed by atoms with van der Waals surface area (Å²) in [5.74, 6) is -0.146. The van der Waals surface area contributed by atoms with Crippen LogP contribution in [-0.2, 0) is 4.79 Å². The predicted molar refractivity (Wildman–Crippen MR) is 73.1 cm³/mol. The average Bonchev–Trinajstić information content (AvgIpc) is 2.23. The second-order valence-corrected chi connectivity index (χ2v) is 5.07. The molecule has 1 aromatic rings. The molecule has 0 radical (unpaired) electrons. The first kappa shape index (κ1) is 14.4. The minimum Gasteiger partial charge on any atom is -0.327 e. The molecule has 0 aromatic carbocycles. The number of hydrogen-bond acceptors (Lipinski definition) is 3. The van der Waals surface area contributed by atoms with Gasteiger partial charge in [-0.05, 0) is 28.4 Å². The van der Waals surface area contributed by atoms with E-state index in [-0.39, 0.29) is 23.5 Å². The van der Waals surface area contributed by atoms with Gasteiger partial charge in [0.05, 0.1) is 5.69 Å².